The van der Waals surface area contributed by atoms with E-state index in [1.807, 2.05) is 19.1 Å². The maximum atomic E-state index is 12.6. The number of nitrogens with zero attached hydrogens (tertiary/aromatic N) is 2. The average molecular weight is 288 g/mol. The zero-order valence-electron chi connectivity index (χ0n) is 12.1. The predicted octanol–water partition coefficient (Wildman–Crippen LogP) is 2.33. The van der Waals surface area contributed by atoms with E-state index in [9.17, 15) is 9.59 Å². The number of hydrogen-bond acceptors (Lipinski definition) is 4. The summed E-state index contributed by atoms with van der Waals surface area (Å²) in [5, 5.41) is 12.8. The molecular formula is C15H16N2O4. The Morgan fingerprint density at radius 2 is 1.81 bits per heavy atom. The largest absolute Gasteiger partial charge is 0.480 e. The third-order valence-corrected chi connectivity index (χ3v) is 3.13. The van der Waals surface area contributed by atoms with Crippen LogP contribution in [0.25, 0.3) is 0 Å². The first kappa shape index (κ1) is 14.8. The molecule has 0 atom stereocenters. The zero-order chi connectivity index (χ0) is 15.6. The van der Waals surface area contributed by atoms with Crippen LogP contribution < -0.4 is 4.90 Å². The van der Waals surface area contributed by atoms with E-state index >= 15 is 0 Å². The van der Waals surface area contributed by atoms with Crippen molar-refractivity contribution in [2.45, 2.75) is 20.8 Å². The molecule has 6 nitrogen and oxygen atoms in total. The summed E-state index contributed by atoms with van der Waals surface area (Å²) in [6, 6.07) is 7.08. The van der Waals surface area contributed by atoms with Gasteiger partial charge in [0, 0.05) is 5.69 Å². The molecule has 110 valence electrons. The van der Waals surface area contributed by atoms with Gasteiger partial charge in [0.1, 0.15) is 17.9 Å². The molecule has 1 aromatic heterocycles. The van der Waals surface area contributed by atoms with E-state index in [1.54, 1.807) is 26.0 Å². The van der Waals surface area contributed by atoms with Crippen LogP contribution in [0.3, 0.4) is 0 Å². The van der Waals surface area contributed by atoms with E-state index < -0.39 is 18.4 Å². The fourth-order valence-electron chi connectivity index (χ4n) is 2.06. The monoisotopic (exact) mass is 288 g/mol. The van der Waals surface area contributed by atoms with Crippen molar-refractivity contribution in [3.63, 3.8) is 0 Å². The Morgan fingerprint density at radius 3 is 2.29 bits per heavy atom. The molecule has 2 rings (SSSR count). The van der Waals surface area contributed by atoms with Crippen LogP contribution in [0.2, 0.25) is 0 Å². The predicted molar refractivity (Wildman–Crippen MR) is 76.5 cm³/mol. The van der Waals surface area contributed by atoms with Crippen LogP contribution >= 0.6 is 0 Å². The van der Waals surface area contributed by atoms with Gasteiger partial charge in [-0.2, -0.15) is 0 Å². The molecule has 0 saturated heterocycles. The van der Waals surface area contributed by atoms with Gasteiger partial charge >= 0.3 is 5.97 Å². The van der Waals surface area contributed by atoms with E-state index in [4.69, 9.17) is 9.63 Å². The van der Waals surface area contributed by atoms with Crippen LogP contribution in [0.1, 0.15) is 27.4 Å². The maximum absolute atomic E-state index is 12.6. The number of carboxylic acid groups (broad SMARTS) is 1. The molecule has 21 heavy (non-hydrogen) atoms. The molecule has 0 aliphatic carbocycles. The normalized spacial score (nSPS) is 10.4. The maximum Gasteiger partial charge on any atom is 0.323 e. The minimum atomic E-state index is -1.09. The average Bonchev–Trinajstić information content (AvgIpc) is 2.76. The molecule has 1 amide bonds. The number of aromatic nitrogens is 1. The minimum Gasteiger partial charge on any atom is -0.480 e. The highest BCUT2D eigenvalue weighted by Crippen LogP contribution is 2.21. The number of aryl methyl sites for hydroxylation is 3. The number of carbonyl (C=O) groups excluding carboxylic acids is 1. The topological polar surface area (TPSA) is 83.6 Å². The number of aliphatic carboxylic acids is 1. The van der Waals surface area contributed by atoms with Gasteiger partial charge in [0.25, 0.3) is 5.91 Å². The lowest BCUT2D eigenvalue weighted by Gasteiger charge is -2.21. The molecule has 0 spiro atoms. The molecule has 6 heteroatoms. The van der Waals surface area contributed by atoms with Crippen molar-refractivity contribution < 1.29 is 19.2 Å². The van der Waals surface area contributed by atoms with Crippen LogP contribution in [0.4, 0.5) is 5.69 Å². The SMILES string of the molecule is Cc1ccc(N(CC(=O)O)C(=O)c2c(C)noc2C)cc1. The molecule has 1 aromatic carbocycles. The molecule has 2 aromatic rings. The van der Waals surface area contributed by atoms with E-state index in [2.05, 4.69) is 5.16 Å². The fourth-order valence-corrected chi connectivity index (χ4v) is 2.06. The van der Waals surface area contributed by atoms with Crippen LogP contribution in [-0.2, 0) is 4.79 Å². The van der Waals surface area contributed by atoms with Crippen molar-refractivity contribution in [2.24, 2.45) is 0 Å². The van der Waals surface area contributed by atoms with E-state index in [-0.39, 0.29) is 0 Å². The summed E-state index contributed by atoms with van der Waals surface area (Å²) in [5.74, 6) is -1.15. The third-order valence-electron chi connectivity index (χ3n) is 3.13. The van der Waals surface area contributed by atoms with E-state index in [0.717, 1.165) is 5.56 Å². The first-order valence-corrected chi connectivity index (χ1v) is 6.43. The van der Waals surface area contributed by atoms with Crippen LogP contribution in [0.15, 0.2) is 28.8 Å². The Balaban J connectivity index is 2.43. The second-order valence-electron chi connectivity index (χ2n) is 4.82. The highest BCUT2D eigenvalue weighted by Gasteiger charge is 2.26. The van der Waals surface area contributed by atoms with Gasteiger partial charge in [0.15, 0.2) is 0 Å². The van der Waals surface area contributed by atoms with Gasteiger partial charge in [-0.25, -0.2) is 0 Å². The molecule has 0 aliphatic rings. The van der Waals surface area contributed by atoms with Gasteiger partial charge in [0.2, 0.25) is 0 Å². The summed E-state index contributed by atoms with van der Waals surface area (Å²) in [6.45, 7) is 4.77. The van der Waals surface area contributed by atoms with Gasteiger partial charge in [-0.05, 0) is 32.9 Å². The Bertz CT molecular complexity index is 654. The second kappa shape index (κ2) is 5.78. The quantitative estimate of drug-likeness (QED) is 0.933. The Morgan fingerprint density at radius 1 is 1.19 bits per heavy atom. The fraction of sp³-hybridized carbons (Fsp3) is 0.267. The van der Waals surface area contributed by atoms with Gasteiger partial charge in [-0.1, -0.05) is 22.9 Å². The standard InChI is InChI=1S/C15H16N2O4/c1-9-4-6-12(7-5-9)17(8-13(18)19)15(20)14-10(2)16-21-11(14)3/h4-7H,8H2,1-3H3,(H,18,19). The first-order chi connectivity index (χ1) is 9.90. The Kier molecular flexibility index (Phi) is 4.07. The summed E-state index contributed by atoms with van der Waals surface area (Å²) in [6.07, 6.45) is 0. The van der Waals surface area contributed by atoms with E-state index in [0.29, 0.717) is 22.7 Å². The molecule has 0 bridgehead atoms. The second-order valence-corrected chi connectivity index (χ2v) is 4.82. The van der Waals surface area contributed by atoms with Gasteiger partial charge < -0.3 is 9.63 Å². The van der Waals surface area contributed by atoms with Crippen molar-refractivity contribution in [3.05, 3.63) is 46.8 Å². The minimum absolute atomic E-state index is 0.303. The van der Waals surface area contributed by atoms with Gasteiger partial charge in [0.05, 0.1) is 5.69 Å². The van der Waals surface area contributed by atoms with E-state index in [1.165, 1.54) is 4.90 Å². The molecule has 0 aliphatic heterocycles. The van der Waals surface area contributed by atoms with Crippen LogP contribution in [-0.4, -0.2) is 28.7 Å². The van der Waals surface area contributed by atoms with Crippen LogP contribution in [0, 0.1) is 20.8 Å². The first-order valence-electron chi connectivity index (χ1n) is 6.43. The Labute approximate surface area is 122 Å². The van der Waals surface area contributed by atoms with Crippen molar-refractivity contribution in [2.75, 3.05) is 11.4 Å². The molecule has 0 unspecified atom stereocenters. The molecule has 1 N–H and O–H groups in total. The van der Waals surface area contributed by atoms with Crippen molar-refractivity contribution >= 4 is 17.6 Å². The smallest absolute Gasteiger partial charge is 0.323 e. The molecule has 0 fully saturated rings. The van der Waals surface area contributed by atoms with Crippen molar-refractivity contribution in [1.29, 1.82) is 0 Å². The third kappa shape index (κ3) is 3.10. The van der Waals surface area contributed by atoms with Crippen molar-refractivity contribution in [3.8, 4) is 0 Å². The number of rotatable bonds is 4. The number of anilines is 1. The molecular weight excluding hydrogens is 272 g/mol. The Hall–Kier alpha value is -2.63. The lowest BCUT2D eigenvalue weighted by Crippen LogP contribution is -2.36. The molecule has 1 heterocycles. The summed E-state index contributed by atoms with van der Waals surface area (Å²) >= 11 is 0. The summed E-state index contributed by atoms with van der Waals surface area (Å²) in [7, 11) is 0. The summed E-state index contributed by atoms with van der Waals surface area (Å²) in [5.41, 5.74) is 2.30. The number of carboxylic acids is 1. The number of carbonyl (C=O) groups is 2. The lowest BCUT2D eigenvalue weighted by molar-refractivity contribution is -0.135. The summed E-state index contributed by atoms with van der Waals surface area (Å²) in [4.78, 5) is 24.9. The molecule has 0 saturated carbocycles. The zero-order valence-corrected chi connectivity index (χ0v) is 12.1. The lowest BCUT2D eigenvalue weighted by atomic mass is 10.1. The number of amides is 1. The van der Waals surface area contributed by atoms with Gasteiger partial charge in [-0.15, -0.1) is 0 Å². The summed E-state index contributed by atoms with van der Waals surface area (Å²) < 4.78 is 4.98. The highest BCUT2D eigenvalue weighted by atomic mass is 16.5. The highest BCUT2D eigenvalue weighted by molar-refractivity contribution is 6.09. The number of hydrogen-bond donors (Lipinski definition) is 1. The molecule has 0 radical (unpaired) electrons. The number of benzene rings is 1. The van der Waals surface area contributed by atoms with Crippen molar-refractivity contribution in [1.82, 2.24) is 5.16 Å². The van der Waals surface area contributed by atoms with Crippen LogP contribution in [0.5, 0.6) is 0 Å². The van der Waals surface area contributed by atoms with Gasteiger partial charge in [-0.3, -0.25) is 14.5 Å².